The molecule has 3 N–H and O–H groups in total. The Balaban J connectivity index is 3.15. The number of carboxylic acids is 1. The minimum atomic E-state index is -1.31. The number of aliphatic imine (C=N–C) groups is 1. The topological polar surface area (TPSA) is 126 Å². The molecular weight excluding hydrogens is 373 g/mol. The third-order valence-corrected chi connectivity index (χ3v) is 2.67. The van der Waals surface area contributed by atoms with Gasteiger partial charge in [-0.05, 0) is 59.7 Å². The summed E-state index contributed by atoms with van der Waals surface area (Å²) in [6.07, 6.45) is -1.88. The van der Waals surface area contributed by atoms with Crippen molar-refractivity contribution in [1.82, 2.24) is 10.6 Å². The van der Waals surface area contributed by atoms with Crippen LogP contribution in [0.4, 0.5) is 19.7 Å². The molecule has 28 heavy (non-hydrogen) atoms. The van der Waals surface area contributed by atoms with Gasteiger partial charge in [-0.1, -0.05) is 0 Å². The Morgan fingerprint density at radius 3 is 1.79 bits per heavy atom. The number of hydrogen-bond acceptors (Lipinski definition) is 6. The Morgan fingerprint density at radius 1 is 0.964 bits per heavy atom. The fraction of sp³-hybridized carbons (Fsp3) is 0.444. The molecule has 0 saturated carbocycles. The molecular formula is C18H24FN3O6. The summed E-state index contributed by atoms with van der Waals surface area (Å²) in [5, 5.41) is 13.3. The molecule has 0 bridgehead atoms. The molecule has 0 radical (unpaired) electrons. The molecule has 0 aliphatic carbocycles. The minimum Gasteiger partial charge on any atom is -0.478 e. The number of ether oxygens (including phenoxy) is 2. The average molecular weight is 397 g/mol. The van der Waals surface area contributed by atoms with E-state index in [1.54, 1.807) is 41.5 Å². The van der Waals surface area contributed by atoms with Crippen molar-refractivity contribution in [2.75, 3.05) is 0 Å². The van der Waals surface area contributed by atoms with Crippen molar-refractivity contribution >= 4 is 29.8 Å². The summed E-state index contributed by atoms with van der Waals surface area (Å²) in [5.74, 6) is -2.73. The SMILES string of the molecule is CC(C)(C)OC(=O)NC(=Nc1ccc(C(=O)O)cc1F)NC(=O)OC(C)(C)C. The highest BCUT2D eigenvalue weighted by molar-refractivity contribution is 6.02. The lowest BCUT2D eigenvalue weighted by Crippen LogP contribution is -2.47. The van der Waals surface area contributed by atoms with Gasteiger partial charge < -0.3 is 14.6 Å². The average Bonchev–Trinajstić information content (AvgIpc) is 2.44. The number of aromatic carboxylic acids is 1. The summed E-state index contributed by atoms with van der Waals surface area (Å²) in [6.45, 7) is 9.80. The molecule has 9 nitrogen and oxygen atoms in total. The monoisotopic (exact) mass is 397 g/mol. The minimum absolute atomic E-state index is 0.279. The summed E-state index contributed by atoms with van der Waals surface area (Å²) in [5.41, 5.74) is -2.24. The Morgan fingerprint density at radius 2 is 1.43 bits per heavy atom. The second kappa shape index (κ2) is 8.68. The van der Waals surface area contributed by atoms with Crippen LogP contribution >= 0.6 is 0 Å². The van der Waals surface area contributed by atoms with Crippen LogP contribution in [0.2, 0.25) is 0 Å². The fourth-order valence-corrected chi connectivity index (χ4v) is 1.74. The maximum Gasteiger partial charge on any atom is 0.414 e. The predicted octanol–water partition coefficient (Wildman–Crippen LogP) is 3.56. The smallest absolute Gasteiger partial charge is 0.414 e. The van der Waals surface area contributed by atoms with E-state index in [0.717, 1.165) is 18.2 Å². The van der Waals surface area contributed by atoms with Gasteiger partial charge in [-0.25, -0.2) is 23.8 Å². The van der Waals surface area contributed by atoms with Gasteiger partial charge in [0.05, 0.1) is 5.56 Å². The highest BCUT2D eigenvalue weighted by Gasteiger charge is 2.21. The number of nitrogens with zero attached hydrogens (tertiary/aromatic N) is 1. The van der Waals surface area contributed by atoms with Crippen LogP contribution < -0.4 is 10.6 Å². The number of rotatable bonds is 2. The molecule has 0 heterocycles. The van der Waals surface area contributed by atoms with E-state index in [0.29, 0.717) is 0 Å². The van der Waals surface area contributed by atoms with Crippen LogP contribution in [0.1, 0.15) is 51.9 Å². The zero-order valence-electron chi connectivity index (χ0n) is 16.5. The maximum atomic E-state index is 14.1. The van der Waals surface area contributed by atoms with Gasteiger partial charge in [0.25, 0.3) is 0 Å². The number of benzene rings is 1. The summed E-state index contributed by atoms with van der Waals surface area (Å²) >= 11 is 0. The lowest BCUT2D eigenvalue weighted by molar-refractivity contribution is 0.0543. The maximum absolute atomic E-state index is 14.1. The van der Waals surface area contributed by atoms with Crippen molar-refractivity contribution in [3.63, 3.8) is 0 Å². The van der Waals surface area contributed by atoms with E-state index in [4.69, 9.17) is 14.6 Å². The second-order valence-electron chi connectivity index (χ2n) is 7.69. The second-order valence-corrected chi connectivity index (χ2v) is 7.69. The number of carboxylic acid groups (broad SMARTS) is 1. The summed E-state index contributed by atoms with van der Waals surface area (Å²) in [6, 6.07) is 2.98. The van der Waals surface area contributed by atoms with Gasteiger partial charge in [0.2, 0.25) is 5.96 Å². The van der Waals surface area contributed by atoms with Crippen molar-refractivity contribution in [2.24, 2.45) is 4.99 Å². The van der Waals surface area contributed by atoms with E-state index < -0.39 is 41.1 Å². The van der Waals surface area contributed by atoms with Gasteiger partial charge in [-0.2, -0.15) is 0 Å². The standard InChI is InChI=1S/C18H24FN3O6/c1-17(2,3)27-15(25)21-14(22-16(26)28-18(4,5)6)20-12-8-7-10(13(23)24)9-11(12)19/h7-9H,1-6H3,(H,23,24)(H2,20,21,22,25,26). The first-order chi connectivity index (χ1) is 12.7. The molecule has 10 heteroatoms. The van der Waals surface area contributed by atoms with Crippen molar-refractivity contribution in [3.05, 3.63) is 29.6 Å². The molecule has 1 aromatic carbocycles. The third-order valence-electron chi connectivity index (χ3n) is 2.67. The molecule has 0 aliphatic rings. The highest BCUT2D eigenvalue weighted by atomic mass is 19.1. The first-order valence-corrected chi connectivity index (χ1v) is 8.28. The summed E-state index contributed by atoms with van der Waals surface area (Å²) < 4.78 is 24.3. The Labute approximate surface area is 161 Å². The number of halogens is 1. The van der Waals surface area contributed by atoms with E-state index in [2.05, 4.69) is 15.6 Å². The lowest BCUT2D eigenvalue weighted by atomic mass is 10.2. The van der Waals surface area contributed by atoms with Gasteiger partial charge in [0, 0.05) is 0 Å². The number of carbonyl (C=O) groups is 3. The first-order valence-electron chi connectivity index (χ1n) is 8.28. The molecule has 1 aromatic rings. The molecule has 0 atom stereocenters. The molecule has 1 rings (SSSR count). The Kier molecular flexibility index (Phi) is 7.09. The first kappa shape index (κ1) is 22.9. The van der Waals surface area contributed by atoms with Crippen LogP contribution in [0.3, 0.4) is 0 Å². The number of carbonyl (C=O) groups excluding carboxylic acids is 2. The molecule has 0 unspecified atom stereocenters. The van der Waals surface area contributed by atoms with Crippen molar-refractivity contribution in [1.29, 1.82) is 0 Å². The largest absolute Gasteiger partial charge is 0.478 e. The molecule has 0 spiro atoms. The molecule has 0 aromatic heterocycles. The summed E-state index contributed by atoms with van der Waals surface area (Å²) in [4.78, 5) is 38.7. The lowest BCUT2D eigenvalue weighted by Gasteiger charge is -2.22. The Hall–Kier alpha value is -3.17. The van der Waals surface area contributed by atoms with E-state index >= 15 is 0 Å². The zero-order chi connectivity index (χ0) is 21.7. The third kappa shape index (κ3) is 8.47. The van der Waals surface area contributed by atoms with E-state index in [1.165, 1.54) is 0 Å². The molecule has 0 fully saturated rings. The molecule has 154 valence electrons. The van der Waals surface area contributed by atoms with E-state index in [9.17, 15) is 18.8 Å². The molecule has 0 saturated heterocycles. The predicted molar refractivity (Wildman–Crippen MR) is 99.2 cm³/mol. The van der Waals surface area contributed by atoms with Gasteiger partial charge >= 0.3 is 18.2 Å². The molecule has 0 aliphatic heterocycles. The van der Waals surface area contributed by atoms with Gasteiger partial charge in [0.1, 0.15) is 22.7 Å². The van der Waals surface area contributed by atoms with Crippen LogP contribution in [-0.2, 0) is 9.47 Å². The van der Waals surface area contributed by atoms with Gasteiger partial charge in [0.15, 0.2) is 0 Å². The Bertz CT molecular complexity index is 761. The van der Waals surface area contributed by atoms with Gasteiger partial charge in [-0.15, -0.1) is 0 Å². The van der Waals surface area contributed by atoms with E-state index in [-0.39, 0.29) is 11.3 Å². The van der Waals surface area contributed by atoms with Crippen LogP contribution in [0.5, 0.6) is 0 Å². The number of nitrogens with one attached hydrogen (secondary N) is 2. The van der Waals surface area contributed by atoms with Crippen molar-refractivity contribution < 1.29 is 33.4 Å². The van der Waals surface area contributed by atoms with Gasteiger partial charge in [-0.3, -0.25) is 10.6 Å². The quantitative estimate of drug-likeness (QED) is 0.517. The number of amides is 2. The fourth-order valence-electron chi connectivity index (χ4n) is 1.74. The zero-order valence-corrected chi connectivity index (χ0v) is 16.5. The van der Waals surface area contributed by atoms with Crippen LogP contribution in [0, 0.1) is 5.82 Å². The van der Waals surface area contributed by atoms with Crippen LogP contribution in [-0.4, -0.2) is 40.4 Å². The van der Waals surface area contributed by atoms with Crippen molar-refractivity contribution in [3.8, 4) is 0 Å². The van der Waals surface area contributed by atoms with Crippen molar-refractivity contribution in [2.45, 2.75) is 52.7 Å². The summed E-state index contributed by atoms with van der Waals surface area (Å²) in [7, 11) is 0. The normalized spacial score (nSPS) is 11.2. The highest BCUT2D eigenvalue weighted by Crippen LogP contribution is 2.19. The van der Waals surface area contributed by atoms with E-state index in [1.807, 2.05) is 0 Å². The number of hydrogen-bond donors (Lipinski definition) is 3. The number of alkyl carbamates (subject to hydrolysis) is 2. The van der Waals surface area contributed by atoms with Crippen LogP contribution in [0.15, 0.2) is 23.2 Å². The van der Waals surface area contributed by atoms with Crippen LogP contribution in [0.25, 0.3) is 0 Å². The molecule has 2 amide bonds. The number of guanidine groups is 1.